The summed E-state index contributed by atoms with van der Waals surface area (Å²) >= 11 is 3.38. The predicted octanol–water partition coefficient (Wildman–Crippen LogP) is 1.80. The minimum atomic E-state index is -0.475. The highest BCUT2D eigenvalue weighted by Gasteiger charge is 2.20. The number of rotatable bonds is 2. The lowest BCUT2D eigenvalue weighted by atomic mass is 10.1. The van der Waals surface area contributed by atoms with Crippen molar-refractivity contribution in [1.82, 2.24) is 19.1 Å². The van der Waals surface area contributed by atoms with Crippen LogP contribution in [-0.4, -0.2) is 19.1 Å². The number of aromatic nitrogens is 4. The smallest absolute Gasteiger partial charge is 0.305 e. The molecule has 0 bridgehead atoms. The molecule has 0 saturated heterocycles. The summed E-state index contributed by atoms with van der Waals surface area (Å²) in [5.74, 6) is 0. The number of fused-ring (bicyclic) bond motifs is 1. The highest BCUT2D eigenvalue weighted by molar-refractivity contribution is 9.10. The van der Waals surface area contributed by atoms with Crippen molar-refractivity contribution in [2.75, 3.05) is 0 Å². The van der Waals surface area contributed by atoms with Gasteiger partial charge in [-0.15, -0.1) is 0 Å². The zero-order chi connectivity index (χ0) is 15.1. The fourth-order valence-electron chi connectivity index (χ4n) is 2.41. The molecule has 1 atom stereocenters. The molecule has 0 unspecified atom stereocenters. The zero-order valence-corrected chi connectivity index (χ0v) is 13.1. The Bertz CT molecular complexity index is 924. The molecule has 0 aliphatic rings. The van der Waals surface area contributed by atoms with Crippen LogP contribution in [0.25, 0.3) is 11.2 Å². The summed E-state index contributed by atoms with van der Waals surface area (Å²) in [5.41, 5.74) is 0.871. The molecular weight excluding hydrogens is 336 g/mol. The van der Waals surface area contributed by atoms with Gasteiger partial charge in [0, 0.05) is 7.05 Å². The van der Waals surface area contributed by atoms with Crippen LogP contribution in [0.2, 0.25) is 0 Å². The molecule has 0 saturated carbocycles. The maximum atomic E-state index is 12.2. The molecule has 7 heteroatoms. The van der Waals surface area contributed by atoms with E-state index in [0.717, 1.165) is 5.56 Å². The molecule has 6 nitrogen and oxygen atoms in total. The fraction of sp³-hybridized carbons (Fsp3) is 0.214. The zero-order valence-electron chi connectivity index (χ0n) is 11.5. The van der Waals surface area contributed by atoms with E-state index >= 15 is 0 Å². The number of aryl methyl sites for hydroxylation is 1. The van der Waals surface area contributed by atoms with Crippen molar-refractivity contribution in [3.63, 3.8) is 0 Å². The number of aromatic amines is 1. The standard InChI is InChI=1S/C14H13BrN4O2/c1-8(9-6-4-3-5-7-9)19-10-11(16-13(19)15)18(2)14(21)17-12(10)20/h3-8H,1-2H3,(H,17,20,21)/t8-/m1/s1. The van der Waals surface area contributed by atoms with Crippen molar-refractivity contribution in [3.05, 3.63) is 61.5 Å². The first-order valence-electron chi connectivity index (χ1n) is 6.42. The Balaban J connectivity index is 2.34. The van der Waals surface area contributed by atoms with Gasteiger partial charge in [0.15, 0.2) is 15.9 Å². The molecule has 0 radical (unpaired) electrons. The van der Waals surface area contributed by atoms with E-state index in [9.17, 15) is 9.59 Å². The predicted molar refractivity (Wildman–Crippen MR) is 83.5 cm³/mol. The fourth-order valence-corrected chi connectivity index (χ4v) is 3.06. The van der Waals surface area contributed by atoms with Crippen LogP contribution in [0.15, 0.2) is 44.7 Å². The van der Waals surface area contributed by atoms with Crippen molar-refractivity contribution >= 4 is 27.1 Å². The van der Waals surface area contributed by atoms with E-state index in [0.29, 0.717) is 15.9 Å². The minimum absolute atomic E-state index is 0.0934. The largest absolute Gasteiger partial charge is 0.329 e. The molecular formula is C14H13BrN4O2. The van der Waals surface area contributed by atoms with Gasteiger partial charge in [-0.25, -0.2) is 9.78 Å². The third-order valence-corrected chi connectivity index (χ3v) is 4.14. The summed E-state index contributed by atoms with van der Waals surface area (Å²) in [6.07, 6.45) is 0. The van der Waals surface area contributed by atoms with Gasteiger partial charge in [0.25, 0.3) is 5.56 Å². The third kappa shape index (κ3) is 2.13. The Morgan fingerprint density at radius 1 is 1.24 bits per heavy atom. The van der Waals surface area contributed by atoms with E-state index in [2.05, 4.69) is 25.9 Å². The van der Waals surface area contributed by atoms with Crippen molar-refractivity contribution < 1.29 is 0 Å². The molecule has 1 aromatic carbocycles. The van der Waals surface area contributed by atoms with E-state index in [4.69, 9.17) is 0 Å². The average molecular weight is 349 g/mol. The molecule has 2 aromatic heterocycles. The Labute approximate surface area is 128 Å². The van der Waals surface area contributed by atoms with E-state index in [-0.39, 0.29) is 6.04 Å². The first-order valence-corrected chi connectivity index (χ1v) is 7.21. The van der Waals surface area contributed by atoms with Gasteiger partial charge in [0.2, 0.25) is 0 Å². The lowest BCUT2D eigenvalue weighted by Crippen LogP contribution is -2.29. The van der Waals surface area contributed by atoms with Crippen molar-refractivity contribution in [2.24, 2.45) is 7.05 Å². The van der Waals surface area contributed by atoms with Crippen LogP contribution in [-0.2, 0) is 7.05 Å². The van der Waals surface area contributed by atoms with Crippen LogP contribution in [0, 0.1) is 0 Å². The molecule has 21 heavy (non-hydrogen) atoms. The summed E-state index contributed by atoms with van der Waals surface area (Å²) in [7, 11) is 1.58. The third-order valence-electron chi connectivity index (χ3n) is 3.58. The van der Waals surface area contributed by atoms with E-state index in [1.165, 1.54) is 4.57 Å². The Kier molecular flexibility index (Phi) is 3.29. The summed E-state index contributed by atoms with van der Waals surface area (Å²) < 4.78 is 3.62. The lowest BCUT2D eigenvalue weighted by Gasteiger charge is -2.15. The first-order chi connectivity index (χ1) is 10.0. The molecule has 3 rings (SSSR count). The Hall–Kier alpha value is -2.15. The SMILES string of the molecule is C[C@H](c1ccccc1)n1c(Br)nc2c1c(=O)[nH]c(=O)n2C. The molecule has 0 spiro atoms. The van der Waals surface area contributed by atoms with Crippen LogP contribution in [0.1, 0.15) is 18.5 Å². The lowest BCUT2D eigenvalue weighted by molar-refractivity contribution is 0.640. The number of hydrogen-bond donors (Lipinski definition) is 1. The molecule has 1 N–H and O–H groups in total. The second-order valence-corrected chi connectivity index (χ2v) is 5.54. The topological polar surface area (TPSA) is 72.7 Å². The second kappa shape index (κ2) is 5.00. The first kappa shape index (κ1) is 13.8. The van der Waals surface area contributed by atoms with Crippen molar-refractivity contribution in [3.8, 4) is 0 Å². The van der Waals surface area contributed by atoms with E-state index in [1.807, 2.05) is 37.3 Å². The van der Waals surface area contributed by atoms with Gasteiger partial charge < -0.3 is 4.57 Å². The highest BCUT2D eigenvalue weighted by atomic mass is 79.9. The van der Waals surface area contributed by atoms with Crippen molar-refractivity contribution in [2.45, 2.75) is 13.0 Å². The summed E-state index contributed by atoms with van der Waals surface area (Å²) in [6, 6.07) is 9.70. The minimum Gasteiger partial charge on any atom is -0.305 e. The van der Waals surface area contributed by atoms with Gasteiger partial charge in [0.05, 0.1) is 6.04 Å². The van der Waals surface area contributed by atoms with Gasteiger partial charge in [-0.1, -0.05) is 30.3 Å². The summed E-state index contributed by atoms with van der Waals surface area (Å²) in [5, 5.41) is 0. The molecule has 0 amide bonds. The second-order valence-electron chi connectivity index (χ2n) is 4.83. The number of benzene rings is 1. The molecule has 0 aliphatic carbocycles. The molecule has 0 aliphatic heterocycles. The van der Waals surface area contributed by atoms with E-state index < -0.39 is 11.2 Å². The summed E-state index contributed by atoms with van der Waals surface area (Å²) in [4.78, 5) is 30.4. The summed E-state index contributed by atoms with van der Waals surface area (Å²) in [6.45, 7) is 1.98. The number of nitrogens with zero attached hydrogens (tertiary/aromatic N) is 3. The Morgan fingerprint density at radius 2 is 1.90 bits per heavy atom. The number of hydrogen-bond acceptors (Lipinski definition) is 3. The maximum absolute atomic E-state index is 12.2. The number of imidazole rings is 1. The van der Waals surface area contributed by atoms with Crippen LogP contribution in [0.5, 0.6) is 0 Å². The van der Waals surface area contributed by atoms with Gasteiger partial charge in [0.1, 0.15) is 0 Å². The highest BCUT2D eigenvalue weighted by Crippen LogP contribution is 2.26. The van der Waals surface area contributed by atoms with Crippen LogP contribution in [0.3, 0.4) is 0 Å². The monoisotopic (exact) mass is 348 g/mol. The normalized spacial score (nSPS) is 12.7. The van der Waals surface area contributed by atoms with Gasteiger partial charge in [-0.3, -0.25) is 14.3 Å². The van der Waals surface area contributed by atoms with E-state index in [1.54, 1.807) is 11.6 Å². The Morgan fingerprint density at radius 3 is 2.57 bits per heavy atom. The number of halogens is 1. The average Bonchev–Trinajstić information content (AvgIpc) is 2.83. The quantitative estimate of drug-likeness (QED) is 0.717. The molecule has 0 fully saturated rings. The van der Waals surface area contributed by atoms with Crippen LogP contribution < -0.4 is 11.2 Å². The van der Waals surface area contributed by atoms with Gasteiger partial charge >= 0.3 is 5.69 Å². The van der Waals surface area contributed by atoms with Crippen molar-refractivity contribution in [1.29, 1.82) is 0 Å². The van der Waals surface area contributed by atoms with Crippen LogP contribution >= 0.6 is 15.9 Å². The van der Waals surface area contributed by atoms with Gasteiger partial charge in [-0.05, 0) is 28.4 Å². The van der Waals surface area contributed by atoms with Gasteiger partial charge in [-0.2, -0.15) is 0 Å². The number of nitrogens with one attached hydrogen (secondary N) is 1. The molecule has 2 heterocycles. The maximum Gasteiger partial charge on any atom is 0.329 e. The molecule has 108 valence electrons. The number of H-pyrrole nitrogens is 1. The van der Waals surface area contributed by atoms with Crippen LogP contribution in [0.4, 0.5) is 0 Å². The molecule has 3 aromatic rings.